The molecule has 1 atom stereocenters. The van der Waals surface area contributed by atoms with Gasteiger partial charge < -0.3 is 0 Å². The predicted molar refractivity (Wildman–Crippen MR) is 63.9 cm³/mol. The van der Waals surface area contributed by atoms with Crippen LogP contribution in [0.5, 0.6) is 0 Å². The molecule has 1 aliphatic carbocycles. The van der Waals surface area contributed by atoms with Gasteiger partial charge in [-0.2, -0.15) is 0 Å². The van der Waals surface area contributed by atoms with Crippen molar-refractivity contribution in [1.29, 1.82) is 0 Å². The molecular weight excluding hydrogens is 196 g/mol. The van der Waals surface area contributed by atoms with Crippen LogP contribution in [0.15, 0.2) is 10.5 Å². The lowest BCUT2D eigenvalue weighted by molar-refractivity contribution is 0.363. The number of allylic oxidation sites excluding steroid dienone is 1. The van der Waals surface area contributed by atoms with Gasteiger partial charge >= 0.3 is 0 Å². The molecule has 1 unspecified atom stereocenters. The molecule has 0 radical (unpaired) electrons. The zero-order chi connectivity index (χ0) is 9.26. The van der Waals surface area contributed by atoms with E-state index in [1.807, 2.05) is 10.8 Å². The summed E-state index contributed by atoms with van der Waals surface area (Å²) in [6, 6.07) is 0. The summed E-state index contributed by atoms with van der Waals surface area (Å²) in [5, 5.41) is 0.852. The van der Waals surface area contributed by atoms with E-state index in [4.69, 9.17) is 0 Å². The molecule has 2 rings (SSSR count). The van der Waals surface area contributed by atoms with Crippen LogP contribution >= 0.6 is 21.6 Å². The van der Waals surface area contributed by atoms with Gasteiger partial charge in [0.2, 0.25) is 0 Å². The molecule has 2 aliphatic rings. The van der Waals surface area contributed by atoms with Crippen molar-refractivity contribution in [3.63, 3.8) is 0 Å². The van der Waals surface area contributed by atoms with Crippen molar-refractivity contribution < 1.29 is 0 Å². The molecule has 13 heavy (non-hydrogen) atoms. The van der Waals surface area contributed by atoms with Crippen LogP contribution in [0.3, 0.4) is 0 Å². The second-order valence-corrected chi connectivity index (χ2v) is 6.79. The van der Waals surface area contributed by atoms with Gasteiger partial charge in [-0.1, -0.05) is 40.9 Å². The highest BCUT2D eigenvalue weighted by Gasteiger charge is 2.30. The molecule has 0 N–H and O–H groups in total. The summed E-state index contributed by atoms with van der Waals surface area (Å²) < 4.78 is 0. The van der Waals surface area contributed by atoms with Crippen LogP contribution in [0, 0.1) is 5.92 Å². The van der Waals surface area contributed by atoms with Crippen LogP contribution in [-0.2, 0) is 0 Å². The summed E-state index contributed by atoms with van der Waals surface area (Å²) in [6.45, 7) is 4.61. The molecule has 2 heteroatoms. The van der Waals surface area contributed by atoms with Crippen LogP contribution in [0.4, 0.5) is 0 Å². The molecule has 0 aromatic rings. The van der Waals surface area contributed by atoms with Crippen molar-refractivity contribution in [2.24, 2.45) is 5.92 Å². The standard InChI is InChI=1S/C11H18S2/c1-8-9(2)12-13-11(8)10-6-4-3-5-7-10/h10-11H,3-7H2,1-2H3. The van der Waals surface area contributed by atoms with Gasteiger partial charge in [0, 0.05) is 5.25 Å². The van der Waals surface area contributed by atoms with Crippen LogP contribution < -0.4 is 0 Å². The average molecular weight is 214 g/mol. The Morgan fingerprint density at radius 1 is 1.08 bits per heavy atom. The van der Waals surface area contributed by atoms with Gasteiger partial charge in [-0.05, 0) is 43.1 Å². The van der Waals surface area contributed by atoms with Crippen LogP contribution in [0.2, 0.25) is 0 Å². The molecule has 0 nitrogen and oxygen atoms in total. The largest absolute Gasteiger partial charge is 0.0811 e. The Balaban J connectivity index is 2.00. The molecule has 0 spiro atoms. The SMILES string of the molecule is CC1=C(C)C(C2CCCCC2)SS1. The zero-order valence-corrected chi connectivity index (χ0v) is 10.1. The molecule has 0 amide bonds. The smallest absolute Gasteiger partial charge is 0.0400 e. The minimum absolute atomic E-state index is 0.852. The Kier molecular flexibility index (Phi) is 3.31. The van der Waals surface area contributed by atoms with E-state index >= 15 is 0 Å². The minimum atomic E-state index is 0.852. The fraction of sp³-hybridized carbons (Fsp3) is 0.818. The van der Waals surface area contributed by atoms with Gasteiger partial charge in [0.1, 0.15) is 0 Å². The van der Waals surface area contributed by atoms with Gasteiger partial charge in [-0.15, -0.1) is 0 Å². The Morgan fingerprint density at radius 2 is 1.77 bits per heavy atom. The maximum Gasteiger partial charge on any atom is 0.0400 e. The van der Waals surface area contributed by atoms with Gasteiger partial charge in [-0.25, -0.2) is 0 Å². The van der Waals surface area contributed by atoms with E-state index < -0.39 is 0 Å². The van der Waals surface area contributed by atoms with Crippen molar-refractivity contribution in [2.45, 2.75) is 51.2 Å². The first-order valence-electron chi connectivity index (χ1n) is 5.29. The first-order chi connectivity index (χ1) is 6.29. The second kappa shape index (κ2) is 4.31. The van der Waals surface area contributed by atoms with Crippen LogP contribution in [0.1, 0.15) is 46.0 Å². The first-order valence-corrected chi connectivity index (χ1v) is 7.51. The van der Waals surface area contributed by atoms with Crippen molar-refractivity contribution in [2.75, 3.05) is 0 Å². The number of rotatable bonds is 1. The summed E-state index contributed by atoms with van der Waals surface area (Å²) in [5.41, 5.74) is 1.67. The van der Waals surface area contributed by atoms with Crippen LogP contribution in [-0.4, -0.2) is 5.25 Å². The molecule has 1 heterocycles. The summed E-state index contributed by atoms with van der Waals surface area (Å²) in [4.78, 5) is 1.57. The average Bonchev–Trinajstić information content (AvgIpc) is 2.49. The van der Waals surface area contributed by atoms with Gasteiger partial charge in [0.25, 0.3) is 0 Å². The van der Waals surface area contributed by atoms with E-state index in [0.717, 1.165) is 11.2 Å². The highest BCUT2D eigenvalue weighted by molar-refractivity contribution is 8.78. The van der Waals surface area contributed by atoms with Gasteiger partial charge in [0.05, 0.1) is 0 Å². The third-order valence-electron chi connectivity index (χ3n) is 3.34. The molecule has 0 saturated heterocycles. The van der Waals surface area contributed by atoms with Crippen molar-refractivity contribution in [1.82, 2.24) is 0 Å². The van der Waals surface area contributed by atoms with E-state index in [9.17, 15) is 0 Å². The molecule has 0 aromatic carbocycles. The Bertz CT molecular complexity index is 214. The number of hydrogen-bond donors (Lipinski definition) is 0. The van der Waals surface area contributed by atoms with Crippen molar-refractivity contribution in [3.8, 4) is 0 Å². The molecule has 74 valence electrons. The third-order valence-corrected chi connectivity index (χ3v) is 6.61. The molecule has 1 aliphatic heterocycles. The molecule has 1 fully saturated rings. The lowest BCUT2D eigenvalue weighted by Gasteiger charge is -2.27. The fourth-order valence-electron chi connectivity index (χ4n) is 2.33. The lowest BCUT2D eigenvalue weighted by atomic mass is 9.84. The van der Waals surface area contributed by atoms with Crippen molar-refractivity contribution >= 4 is 21.6 Å². The first kappa shape index (κ1) is 9.97. The number of hydrogen-bond acceptors (Lipinski definition) is 2. The van der Waals surface area contributed by atoms with E-state index in [-0.39, 0.29) is 0 Å². The van der Waals surface area contributed by atoms with E-state index in [1.54, 1.807) is 10.5 Å². The summed E-state index contributed by atoms with van der Waals surface area (Å²) in [7, 11) is 4.11. The summed E-state index contributed by atoms with van der Waals surface area (Å²) in [5.74, 6) is 0.990. The lowest BCUT2D eigenvalue weighted by Crippen LogP contribution is -2.19. The normalized spacial score (nSPS) is 31.4. The molecule has 0 aromatic heterocycles. The van der Waals surface area contributed by atoms with Gasteiger partial charge in [-0.3, -0.25) is 0 Å². The molecule has 0 bridgehead atoms. The molecular formula is C11H18S2. The zero-order valence-electron chi connectivity index (χ0n) is 8.51. The maximum atomic E-state index is 2.33. The summed E-state index contributed by atoms with van der Waals surface area (Å²) in [6.07, 6.45) is 7.37. The van der Waals surface area contributed by atoms with Gasteiger partial charge in [0.15, 0.2) is 0 Å². The quantitative estimate of drug-likeness (QED) is 0.584. The predicted octanol–water partition coefficient (Wildman–Crippen LogP) is 4.62. The third kappa shape index (κ3) is 2.10. The fourth-order valence-corrected chi connectivity index (χ4v) is 5.71. The van der Waals surface area contributed by atoms with Crippen molar-refractivity contribution in [3.05, 3.63) is 10.5 Å². The summed E-state index contributed by atoms with van der Waals surface area (Å²) >= 11 is 0. The molecule has 1 saturated carbocycles. The minimum Gasteiger partial charge on any atom is -0.0811 e. The Labute approximate surface area is 89.3 Å². The van der Waals surface area contributed by atoms with E-state index in [0.29, 0.717) is 0 Å². The topological polar surface area (TPSA) is 0 Å². The maximum absolute atomic E-state index is 2.33. The van der Waals surface area contributed by atoms with E-state index in [2.05, 4.69) is 24.6 Å². The van der Waals surface area contributed by atoms with Crippen LogP contribution in [0.25, 0.3) is 0 Å². The Morgan fingerprint density at radius 3 is 2.31 bits per heavy atom. The Hall–Kier alpha value is 0.440. The second-order valence-electron chi connectivity index (χ2n) is 4.24. The highest BCUT2D eigenvalue weighted by atomic mass is 33.1. The highest BCUT2D eigenvalue weighted by Crippen LogP contribution is 2.51. The monoisotopic (exact) mass is 214 g/mol. The van der Waals surface area contributed by atoms with E-state index in [1.165, 1.54) is 32.1 Å².